The number of amides is 5. The number of fused-ring (bicyclic) bond motifs is 3. The van der Waals surface area contributed by atoms with E-state index in [1.54, 1.807) is 29.2 Å². The van der Waals surface area contributed by atoms with E-state index in [0.29, 0.717) is 56.6 Å². The van der Waals surface area contributed by atoms with Crippen LogP contribution in [0.25, 0.3) is 0 Å². The zero-order valence-electron chi connectivity index (χ0n) is 37.9. The largest absolute Gasteiger partial charge is 0.493 e. The number of ketones is 1. The number of aliphatic imine (C=N–C) groups is 1. The molecule has 1 aromatic rings. The molecular weight excluding hydrogens is 805 g/mol. The van der Waals surface area contributed by atoms with Crippen LogP contribution in [0, 0.1) is 17.3 Å². The molecule has 3 fully saturated rings. The number of carbonyl (C=O) groups is 6. The summed E-state index contributed by atoms with van der Waals surface area (Å²) in [7, 11) is 0. The number of nitrogens with one attached hydrogen (secondary N) is 4. The van der Waals surface area contributed by atoms with Gasteiger partial charge >= 0.3 is 0 Å². The van der Waals surface area contributed by atoms with Crippen LogP contribution in [0.4, 0.5) is 0 Å². The summed E-state index contributed by atoms with van der Waals surface area (Å²) in [6, 6.07) is 1.92. The van der Waals surface area contributed by atoms with Crippen LogP contribution in [0.1, 0.15) is 143 Å². The lowest BCUT2D eigenvalue weighted by molar-refractivity contribution is -0.140. The van der Waals surface area contributed by atoms with Gasteiger partial charge < -0.3 is 47.1 Å². The summed E-state index contributed by atoms with van der Waals surface area (Å²) in [5.74, 6) is -1.94. The van der Waals surface area contributed by atoms with Crippen LogP contribution in [0.15, 0.2) is 29.3 Å². The monoisotopic (exact) mass is 879 g/mol. The van der Waals surface area contributed by atoms with Crippen molar-refractivity contribution in [1.82, 2.24) is 26.2 Å². The zero-order chi connectivity index (χ0) is 45.4. The van der Waals surface area contributed by atoms with Crippen molar-refractivity contribution in [3.8, 4) is 11.5 Å². The third kappa shape index (κ3) is 15.1. The molecule has 2 aliphatic carbocycles. The minimum Gasteiger partial charge on any atom is -0.493 e. The Labute approximate surface area is 373 Å². The lowest BCUT2D eigenvalue weighted by Crippen LogP contribution is -2.61. The van der Waals surface area contributed by atoms with Crippen LogP contribution in [-0.2, 0) is 28.8 Å². The molecule has 350 valence electrons. The molecule has 0 radical (unpaired) electrons. The second kappa shape index (κ2) is 24.2. The van der Waals surface area contributed by atoms with Gasteiger partial charge in [-0.3, -0.25) is 33.8 Å². The molecule has 0 spiro atoms. The van der Waals surface area contributed by atoms with Crippen molar-refractivity contribution in [2.75, 3.05) is 26.3 Å². The van der Waals surface area contributed by atoms with E-state index in [4.69, 9.17) is 20.9 Å². The first kappa shape index (κ1) is 49.1. The fourth-order valence-corrected chi connectivity index (χ4v) is 9.44. The van der Waals surface area contributed by atoms with Gasteiger partial charge in [0, 0.05) is 31.5 Å². The molecule has 16 heteroatoms. The van der Waals surface area contributed by atoms with Crippen molar-refractivity contribution >= 4 is 41.3 Å². The number of rotatable bonds is 11. The quantitative estimate of drug-likeness (QED) is 0.105. The summed E-state index contributed by atoms with van der Waals surface area (Å²) in [6.07, 6.45) is 14.4. The lowest BCUT2D eigenvalue weighted by Gasteiger charge is -2.35. The fourth-order valence-electron chi connectivity index (χ4n) is 9.44. The predicted molar refractivity (Wildman–Crippen MR) is 240 cm³/mol. The van der Waals surface area contributed by atoms with E-state index in [2.05, 4.69) is 26.3 Å². The van der Waals surface area contributed by atoms with Gasteiger partial charge in [0.2, 0.25) is 29.5 Å². The maximum absolute atomic E-state index is 14.6. The molecule has 5 rings (SSSR count). The van der Waals surface area contributed by atoms with Crippen molar-refractivity contribution in [1.29, 1.82) is 0 Å². The summed E-state index contributed by atoms with van der Waals surface area (Å²) < 4.78 is 12.1. The Morgan fingerprint density at radius 1 is 0.825 bits per heavy atom. The van der Waals surface area contributed by atoms with E-state index in [9.17, 15) is 28.8 Å². The minimum absolute atomic E-state index is 0.0000355. The first-order valence-corrected chi connectivity index (χ1v) is 23.7. The third-order valence-electron chi connectivity index (χ3n) is 13.0. The van der Waals surface area contributed by atoms with Crippen molar-refractivity contribution in [2.45, 2.75) is 173 Å². The van der Waals surface area contributed by atoms with Crippen LogP contribution in [0.3, 0.4) is 0 Å². The number of ether oxygens (including phenoxy) is 2. The average Bonchev–Trinajstić information content (AvgIpc) is 3.80. The molecule has 1 saturated heterocycles. The van der Waals surface area contributed by atoms with Crippen LogP contribution >= 0.6 is 0 Å². The van der Waals surface area contributed by atoms with E-state index in [1.165, 1.54) is 0 Å². The lowest BCUT2D eigenvalue weighted by atomic mass is 9.77. The topological polar surface area (TPSA) is 237 Å². The standard InChI is InChI=1S/C47H74N8O8/c1-47(2,3)41(40(57)32-19-9-6-4-5-7-10-20-32)54-42(58)35(23-14-26-50-46(48)49)51-43(59)36-30-63-34-22-13-21-33(29-34)62-28-16-25-38(56)55-27-15-24-37(55)44(60)53-39(45(61)52-36)31-17-11-8-12-18-31/h13,21-22,29,31-32,35-37,39,41H,4-12,14-20,23-28,30H2,1-3H3,(H,51,59)(H,52,61)(H,53,60)(H,54,58)(H4,48,49,50)/t35-,36-,37-,39-,41+/m0/s1. The highest BCUT2D eigenvalue weighted by molar-refractivity contribution is 5.97. The smallest absolute Gasteiger partial charge is 0.246 e. The maximum atomic E-state index is 14.6. The SMILES string of the molecule is CC(C)(C)[C@H](NC(=O)[C@H](CCCN=C(N)N)NC(=O)[C@@H]1COc2cccc(c2)OCCCC(=O)N2CCC[C@H]2C(=O)N[C@@H](C2CCCCC2)C(=O)N1)C(=O)C1CCCCCCCC1. The predicted octanol–water partition coefficient (Wildman–Crippen LogP) is 4.17. The Hall–Kier alpha value is -4.89. The number of hydrogen-bond acceptors (Lipinski definition) is 9. The molecule has 16 nitrogen and oxygen atoms in total. The molecule has 5 amide bonds. The molecular formula is C47H74N8O8. The molecule has 5 atom stereocenters. The van der Waals surface area contributed by atoms with E-state index in [-0.39, 0.29) is 62.1 Å². The van der Waals surface area contributed by atoms with E-state index < -0.39 is 59.3 Å². The average molecular weight is 879 g/mol. The summed E-state index contributed by atoms with van der Waals surface area (Å²) >= 11 is 0. The van der Waals surface area contributed by atoms with Crippen LogP contribution < -0.4 is 42.2 Å². The number of nitrogens with two attached hydrogens (primary N) is 2. The van der Waals surface area contributed by atoms with Crippen LogP contribution in [0.5, 0.6) is 11.5 Å². The van der Waals surface area contributed by atoms with Gasteiger partial charge in [-0.05, 0) is 81.3 Å². The Morgan fingerprint density at radius 2 is 1.48 bits per heavy atom. The molecule has 2 heterocycles. The number of guanidine groups is 1. The Bertz CT molecular complexity index is 1730. The van der Waals surface area contributed by atoms with Crippen LogP contribution in [0.2, 0.25) is 0 Å². The van der Waals surface area contributed by atoms with Crippen molar-refractivity contribution in [2.24, 2.45) is 33.7 Å². The van der Waals surface area contributed by atoms with Crippen molar-refractivity contribution in [3.63, 3.8) is 0 Å². The fraction of sp³-hybridized carbons (Fsp3) is 0.723. The minimum atomic E-state index is -1.32. The van der Waals surface area contributed by atoms with Crippen molar-refractivity contribution in [3.05, 3.63) is 24.3 Å². The highest BCUT2D eigenvalue weighted by Crippen LogP contribution is 2.30. The maximum Gasteiger partial charge on any atom is 0.246 e. The molecule has 0 unspecified atom stereocenters. The molecule has 63 heavy (non-hydrogen) atoms. The first-order chi connectivity index (χ1) is 30.2. The molecule has 0 aromatic heterocycles. The third-order valence-corrected chi connectivity index (χ3v) is 13.0. The molecule has 2 aliphatic heterocycles. The first-order valence-electron chi connectivity index (χ1n) is 23.7. The molecule has 4 aliphatic rings. The number of hydrogen-bond donors (Lipinski definition) is 6. The van der Waals surface area contributed by atoms with E-state index >= 15 is 0 Å². The Morgan fingerprint density at radius 3 is 2.16 bits per heavy atom. The number of carbonyl (C=O) groups excluding carboxylic acids is 6. The van der Waals surface area contributed by atoms with E-state index in [0.717, 1.165) is 70.6 Å². The number of Topliss-reactive ketones (excluding diaryl/α,β-unsaturated/α-hetero) is 1. The van der Waals surface area contributed by atoms with E-state index in [1.807, 2.05) is 20.8 Å². The zero-order valence-corrected chi connectivity index (χ0v) is 37.9. The van der Waals surface area contributed by atoms with Crippen molar-refractivity contribution < 1.29 is 38.2 Å². The summed E-state index contributed by atoms with van der Waals surface area (Å²) in [4.78, 5) is 90.8. The van der Waals surface area contributed by atoms with Gasteiger partial charge in [0.05, 0.1) is 12.6 Å². The second-order valence-electron chi connectivity index (χ2n) is 19.0. The summed E-state index contributed by atoms with van der Waals surface area (Å²) in [5.41, 5.74) is 10.6. The normalized spacial score (nSPS) is 23.8. The van der Waals surface area contributed by atoms with Crippen LogP contribution in [-0.4, -0.2) is 103 Å². The van der Waals surface area contributed by atoms with Gasteiger partial charge in [0.25, 0.3) is 0 Å². The Kier molecular flexibility index (Phi) is 18.9. The van der Waals surface area contributed by atoms with Gasteiger partial charge in [-0.1, -0.05) is 84.6 Å². The highest BCUT2D eigenvalue weighted by atomic mass is 16.5. The molecule has 2 bridgehead atoms. The highest BCUT2D eigenvalue weighted by Gasteiger charge is 2.41. The van der Waals surface area contributed by atoms with Gasteiger partial charge in [-0.25, -0.2) is 0 Å². The summed E-state index contributed by atoms with van der Waals surface area (Å²) in [5, 5.41) is 11.8. The molecule has 8 N–H and O–H groups in total. The van der Waals surface area contributed by atoms with Gasteiger partial charge in [0.1, 0.15) is 42.3 Å². The van der Waals surface area contributed by atoms with Gasteiger partial charge in [0.15, 0.2) is 11.7 Å². The Balaban J connectivity index is 1.43. The van der Waals surface area contributed by atoms with Gasteiger partial charge in [-0.15, -0.1) is 0 Å². The number of benzene rings is 1. The molecule has 2 saturated carbocycles. The van der Waals surface area contributed by atoms with Gasteiger partial charge in [-0.2, -0.15) is 0 Å². The summed E-state index contributed by atoms with van der Waals surface area (Å²) in [6.45, 7) is 6.37. The molecule has 1 aromatic carbocycles. The second-order valence-corrected chi connectivity index (χ2v) is 19.0. The number of nitrogens with zero attached hydrogens (tertiary/aromatic N) is 2.